The van der Waals surface area contributed by atoms with Gasteiger partial charge >= 0.3 is 0 Å². The highest BCUT2D eigenvalue weighted by molar-refractivity contribution is 7.89. The van der Waals surface area contributed by atoms with Crippen molar-refractivity contribution in [3.63, 3.8) is 0 Å². The first-order chi connectivity index (χ1) is 11.0. The van der Waals surface area contributed by atoms with Gasteiger partial charge in [0.25, 0.3) is 5.91 Å². The lowest BCUT2D eigenvalue weighted by atomic mass is 10.0. The zero-order valence-electron chi connectivity index (χ0n) is 14.5. The Bertz CT molecular complexity index is 909. The average molecular weight is 346 g/mol. The van der Waals surface area contributed by atoms with Crippen LogP contribution in [0.5, 0.6) is 0 Å². The van der Waals surface area contributed by atoms with Gasteiger partial charge in [-0.1, -0.05) is 17.7 Å². The van der Waals surface area contributed by atoms with E-state index in [1.165, 1.54) is 6.07 Å². The highest BCUT2D eigenvalue weighted by Crippen LogP contribution is 2.24. The Morgan fingerprint density at radius 1 is 0.917 bits per heavy atom. The molecule has 5 nitrogen and oxygen atoms in total. The fourth-order valence-electron chi connectivity index (χ4n) is 2.82. The number of primary sulfonamides is 1. The Kier molecular flexibility index (Phi) is 4.82. The van der Waals surface area contributed by atoms with Gasteiger partial charge in [0.05, 0.1) is 4.90 Å². The summed E-state index contributed by atoms with van der Waals surface area (Å²) in [6.45, 7) is 9.26. The van der Waals surface area contributed by atoms with Gasteiger partial charge in [-0.2, -0.15) is 0 Å². The molecule has 0 saturated heterocycles. The van der Waals surface area contributed by atoms with E-state index >= 15 is 0 Å². The molecule has 0 bridgehead atoms. The second kappa shape index (κ2) is 6.37. The topological polar surface area (TPSA) is 89.3 Å². The smallest absolute Gasteiger partial charge is 0.255 e. The third-order valence-electron chi connectivity index (χ3n) is 4.10. The number of aryl methyl sites for hydroxylation is 4. The summed E-state index contributed by atoms with van der Waals surface area (Å²) in [6, 6.07) is 6.96. The van der Waals surface area contributed by atoms with E-state index in [1.807, 2.05) is 32.9 Å². The Morgan fingerprint density at radius 2 is 1.46 bits per heavy atom. The van der Waals surface area contributed by atoms with Crippen LogP contribution >= 0.6 is 0 Å². The highest BCUT2D eigenvalue weighted by Gasteiger charge is 2.18. The number of hydrogen-bond donors (Lipinski definition) is 2. The van der Waals surface area contributed by atoms with Gasteiger partial charge < -0.3 is 5.32 Å². The molecule has 3 N–H and O–H groups in total. The van der Waals surface area contributed by atoms with Crippen LogP contribution < -0.4 is 10.5 Å². The van der Waals surface area contributed by atoms with Gasteiger partial charge in [-0.3, -0.25) is 4.79 Å². The minimum Gasteiger partial charge on any atom is -0.322 e. The first-order valence-electron chi connectivity index (χ1n) is 7.54. The molecule has 0 saturated carbocycles. The molecule has 128 valence electrons. The molecule has 2 aromatic carbocycles. The number of anilines is 1. The Hall–Kier alpha value is -2.18. The number of nitrogens with two attached hydrogens (primary N) is 1. The molecule has 2 rings (SSSR count). The van der Waals surface area contributed by atoms with Gasteiger partial charge in [0, 0.05) is 11.3 Å². The molecule has 0 spiro atoms. The molecule has 0 radical (unpaired) electrons. The van der Waals surface area contributed by atoms with Gasteiger partial charge in [0.15, 0.2) is 0 Å². The van der Waals surface area contributed by atoms with Gasteiger partial charge in [0.2, 0.25) is 10.0 Å². The molecule has 0 unspecified atom stereocenters. The summed E-state index contributed by atoms with van der Waals surface area (Å²) in [7, 11) is -3.89. The van der Waals surface area contributed by atoms with Crippen LogP contribution in [0.4, 0.5) is 5.69 Å². The van der Waals surface area contributed by atoms with Gasteiger partial charge in [0.1, 0.15) is 0 Å². The van der Waals surface area contributed by atoms with E-state index in [9.17, 15) is 13.2 Å². The van der Waals surface area contributed by atoms with Crippen molar-refractivity contribution in [1.82, 2.24) is 0 Å². The quantitative estimate of drug-likeness (QED) is 0.895. The predicted molar refractivity (Wildman–Crippen MR) is 95.9 cm³/mol. The van der Waals surface area contributed by atoms with E-state index in [1.54, 1.807) is 19.9 Å². The molecule has 0 heterocycles. The lowest BCUT2D eigenvalue weighted by Gasteiger charge is -2.14. The number of sulfonamides is 1. The summed E-state index contributed by atoms with van der Waals surface area (Å²) in [4.78, 5) is 12.6. The van der Waals surface area contributed by atoms with Crippen molar-refractivity contribution in [2.45, 2.75) is 39.5 Å². The van der Waals surface area contributed by atoms with Crippen molar-refractivity contribution in [3.8, 4) is 0 Å². The van der Waals surface area contributed by atoms with Gasteiger partial charge in [-0.25, -0.2) is 13.6 Å². The number of nitrogens with one attached hydrogen (secondary N) is 1. The lowest BCUT2D eigenvalue weighted by Crippen LogP contribution is -2.18. The van der Waals surface area contributed by atoms with Crippen molar-refractivity contribution >= 4 is 21.6 Å². The summed E-state index contributed by atoms with van der Waals surface area (Å²) in [5.41, 5.74) is 5.28. The maximum Gasteiger partial charge on any atom is 0.255 e. The minimum absolute atomic E-state index is 0.0231. The molecular formula is C18H22N2O3S. The molecule has 0 aliphatic rings. The molecule has 6 heteroatoms. The van der Waals surface area contributed by atoms with Crippen LogP contribution in [0.1, 0.15) is 38.2 Å². The van der Waals surface area contributed by atoms with Crippen LogP contribution in [0.2, 0.25) is 0 Å². The average Bonchev–Trinajstić information content (AvgIpc) is 2.43. The Labute approximate surface area is 142 Å². The summed E-state index contributed by atoms with van der Waals surface area (Å²) >= 11 is 0. The molecule has 2 aromatic rings. The Balaban J connectivity index is 2.47. The van der Waals surface area contributed by atoms with Crippen molar-refractivity contribution < 1.29 is 13.2 Å². The van der Waals surface area contributed by atoms with Crippen molar-refractivity contribution in [2.24, 2.45) is 5.14 Å². The van der Waals surface area contributed by atoms with E-state index in [-0.39, 0.29) is 16.4 Å². The zero-order valence-corrected chi connectivity index (χ0v) is 15.3. The molecule has 0 aliphatic carbocycles. The van der Waals surface area contributed by atoms with E-state index < -0.39 is 10.0 Å². The molecule has 1 amide bonds. The number of amides is 1. The van der Waals surface area contributed by atoms with Crippen molar-refractivity contribution in [3.05, 3.63) is 57.6 Å². The monoisotopic (exact) mass is 346 g/mol. The molecule has 0 fully saturated rings. The fourth-order valence-corrected chi connectivity index (χ4v) is 3.70. The van der Waals surface area contributed by atoms with Crippen LogP contribution in [-0.2, 0) is 10.0 Å². The fraction of sp³-hybridized carbons (Fsp3) is 0.278. The van der Waals surface area contributed by atoms with Crippen LogP contribution in [0, 0.1) is 34.6 Å². The van der Waals surface area contributed by atoms with Gasteiger partial charge in [-0.15, -0.1) is 0 Å². The second-order valence-electron chi connectivity index (χ2n) is 6.19. The summed E-state index contributed by atoms with van der Waals surface area (Å²) in [5, 5.41) is 8.13. The van der Waals surface area contributed by atoms with E-state index in [2.05, 4.69) is 5.32 Å². The van der Waals surface area contributed by atoms with Crippen LogP contribution in [0.3, 0.4) is 0 Å². The summed E-state index contributed by atoms with van der Waals surface area (Å²) in [6.07, 6.45) is 0. The number of carbonyl (C=O) groups is 1. The van der Waals surface area contributed by atoms with Gasteiger partial charge in [-0.05, 0) is 69.0 Å². The van der Waals surface area contributed by atoms with E-state index in [4.69, 9.17) is 5.14 Å². The van der Waals surface area contributed by atoms with Crippen LogP contribution in [0.15, 0.2) is 29.2 Å². The molecule has 0 aliphatic heterocycles. The standard InChI is InChI=1S/C18H22N2O3S/c1-10-6-12(3)17(13(4)7-10)20-18(21)15-8-11(2)14(5)16(9-15)24(19,22)23/h6-9H,1-5H3,(H,20,21)(H2,19,22,23). The maximum absolute atomic E-state index is 12.6. The van der Waals surface area contributed by atoms with Crippen LogP contribution in [-0.4, -0.2) is 14.3 Å². The summed E-state index contributed by atoms with van der Waals surface area (Å²) in [5.74, 6) is -0.363. The van der Waals surface area contributed by atoms with Crippen molar-refractivity contribution in [1.29, 1.82) is 0 Å². The lowest BCUT2D eigenvalue weighted by molar-refractivity contribution is 0.102. The zero-order chi connectivity index (χ0) is 18.2. The molecule has 0 atom stereocenters. The number of hydrogen-bond acceptors (Lipinski definition) is 3. The first-order valence-corrected chi connectivity index (χ1v) is 9.08. The first kappa shape index (κ1) is 18.2. The van der Waals surface area contributed by atoms with E-state index in [0.29, 0.717) is 11.1 Å². The van der Waals surface area contributed by atoms with Crippen molar-refractivity contribution in [2.75, 3.05) is 5.32 Å². The second-order valence-corrected chi connectivity index (χ2v) is 7.72. The normalized spacial score (nSPS) is 11.4. The molecule has 24 heavy (non-hydrogen) atoms. The minimum atomic E-state index is -3.89. The highest BCUT2D eigenvalue weighted by atomic mass is 32.2. The molecular weight excluding hydrogens is 324 g/mol. The third-order valence-corrected chi connectivity index (χ3v) is 5.14. The summed E-state index contributed by atoms with van der Waals surface area (Å²) < 4.78 is 23.5. The number of rotatable bonds is 3. The maximum atomic E-state index is 12.6. The Morgan fingerprint density at radius 3 is 1.96 bits per heavy atom. The van der Waals surface area contributed by atoms with Crippen LogP contribution in [0.25, 0.3) is 0 Å². The third kappa shape index (κ3) is 3.66. The predicted octanol–water partition coefficient (Wildman–Crippen LogP) is 3.13. The molecule has 0 aromatic heterocycles. The number of carbonyl (C=O) groups excluding carboxylic acids is 1. The largest absolute Gasteiger partial charge is 0.322 e. The van der Waals surface area contributed by atoms with E-state index in [0.717, 1.165) is 22.4 Å². The number of benzene rings is 2. The SMILES string of the molecule is Cc1cc(C)c(NC(=O)c2cc(C)c(C)c(S(N)(=O)=O)c2)c(C)c1.